The second kappa shape index (κ2) is 12.7. The molecule has 212 valence electrons. The number of carbonyl (C=O) groups excluding carboxylic acids is 2. The van der Waals surface area contributed by atoms with E-state index in [2.05, 4.69) is 34.6 Å². The van der Waals surface area contributed by atoms with Crippen LogP contribution in [0.3, 0.4) is 0 Å². The van der Waals surface area contributed by atoms with Crippen LogP contribution in [-0.2, 0) is 11.2 Å². The lowest BCUT2D eigenvalue weighted by Crippen LogP contribution is -2.60. The molecule has 4 aromatic rings. The van der Waals surface area contributed by atoms with Crippen molar-refractivity contribution in [3.8, 4) is 10.6 Å². The van der Waals surface area contributed by atoms with E-state index in [9.17, 15) is 9.59 Å². The summed E-state index contributed by atoms with van der Waals surface area (Å²) in [4.78, 5) is 36.2. The third-order valence-corrected chi connectivity index (χ3v) is 8.72. The molecule has 0 radical (unpaired) electrons. The summed E-state index contributed by atoms with van der Waals surface area (Å²) in [5, 5.41) is 13.9. The molecular formula is C31H33ClN6O2S. The van der Waals surface area contributed by atoms with Crippen LogP contribution in [0.1, 0.15) is 35.0 Å². The van der Waals surface area contributed by atoms with Crippen molar-refractivity contribution in [1.29, 1.82) is 5.41 Å². The van der Waals surface area contributed by atoms with Crippen LogP contribution in [-0.4, -0.2) is 64.3 Å². The summed E-state index contributed by atoms with van der Waals surface area (Å²) in [7, 11) is 0. The van der Waals surface area contributed by atoms with Crippen molar-refractivity contribution in [2.75, 3.05) is 19.6 Å². The second-order valence-corrected chi connectivity index (χ2v) is 11.9. The summed E-state index contributed by atoms with van der Waals surface area (Å²) < 4.78 is 0. The maximum atomic E-state index is 13.8. The van der Waals surface area contributed by atoms with Crippen molar-refractivity contribution >= 4 is 51.5 Å². The van der Waals surface area contributed by atoms with Gasteiger partial charge in [-0.15, -0.1) is 11.3 Å². The van der Waals surface area contributed by atoms with Gasteiger partial charge in [0.25, 0.3) is 5.91 Å². The SMILES string of the molecule is C[C@@H]1CN(C(=O)c2cnc(-c3ccc(Cl)cc3)s2)[C@@H](CCCNC(=N)N)CN1C(=O)Cc1ccc2ccccc2c1. The molecule has 0 aliphatic carbocycles. The first-order valence-corrected chi connectivity index (χ1v) is 14.9. The molecule has 2 atom stereocenters. The molecule has 2 amide bonds. The first-order chi connectivity index (χ1) is 19.8. The molecule has 1 saturated heterocycles. The number of rotatable bonds is 8. The number of fused-ring (bicyclic) bond motifs is 1. The number of amides is 2. The van der Waals surface area contributed by atoms with Gasteiger partial charge in [0.15, 0.2) is 5.96 Å². The lowest BCUT2D eigenvalue weighted by molar-refractivity contribution is -0.136. The lowest BCUT2D eigenvalue weighted by atomic mass is 10.00. The minimum atomic E-state index is -0.172. The van der Waals surface area contributed by atoms with E-state index in [1.54, 1.807) is 18.3 Å². The number of piperazine rings is 1. The quantitative estimate of drug-likeness (QED) is 0.149. The number of carbonyl (C=O) groups is 2. The van der Waals surface area contributed by atoms with Gasteiger partial charge < -0.3 is 20.9 Å². The van der Waals surface area contributed by atoms with Crippen LogP contribution in [0.2, 0.25) is 5.02 Å². The molecule has 0 unspecified atom stereocenters. The predicted octanol–water partition coefficient (Wildman–Crippen LogP) is 5.16. The first-order valence-electron chi connectivity index (χ1n) is 13.7. The summed E-state index contributed by atoms with van der Waals surface area (Å²) in [6, 6.07) is 21.3. The minimum Gasteiger partial charge on any atom is -0.370 e. The number of nitrogens with two attached hydrogens (primary N) is 1. The zero-order chi connectivity index (χ0) is 28.9. The molecule has 3 aromatic carbocycles. The molecule has 8 nitrogen and oxygen atoms in total. The fraction of sp³-hybridized carbons (Fsp3) is 0.290. The number of guanidine groups is 1. The average molecular weight is 589 g/mol. The summed E-state index contributed by atoms with van der Waals surface area (Å²) in [5.41, 5.74) is 7.33. The number of nitrogens with zero attached hydrogens (tertiary/aromatic N) is 3. The molecule has 0 saturated carbocycles. The van der Waals surface area contributed by atoms with E-state index in [0.29, 0.717) is 48.8 Å². The molecule has 41 heavy (non-hydrogen) atoms. The Morgan fingerprint density at radius 2 is 1.83 bits per heavy atom. The van der Waals surface area contributed by atoms with Gasteiger partial charge in [0.2, 0.25) is 5.91 Å². The number of benzene rings is 3. The normalized spacial score (nSPS) is 17.0. The number of thiazole rings is 1. The third kappa shape index (κ3) is 6.86. The van der Waals surface area contributed by atoms with Crippen molar-refractivity contribution in [1.82, 2.24) is 20.1 Å². The van der Waals surface area contributed by atoms with Crippen LogP contribution < -0.4 is 11.1 Å². The summed E-state index contributed by atoms with van der Waals surface area (Å²) in [6.45, 7) is 3.40. The maximum absolute atomic E-state index is 13.8. The van der Waals surface area contributed by atoms with Gasteiger partial charge in [-0.05, 0) is 48.2 Å². The highest BCUT2D eigenvalue weighted by Crippen LogP contribution is 2.29. The standard InChI is InChI=1S/C31H33ClN6O2S/c1-20-18-38(30(40)27-17-36-29(41-27)23-10-12-25(32)13-11-23)26(7-4-14-35-31(33)34)19-37(20)28(39)16-21-8-9-22-5-2-3-6-24(22)15-21/h2-3,5-6,8-13,15,17,20,26H,4,7,14,16,18-19H2,1H3,(H4,33,34,35)/t20-,26+/m1/s1. The van der Waals surface area contributed by atoms with Crippen LogP contribution in [0.5, 0.6) is 0 Å². The number of hydrogen-bond acceptors (Lipinski definition) is 5. The number of aromatic nitrogens is 1. The summed E-state index contributed by atoms with van der Waals surface area (Å²) >= 11 is 7.38. The van der Waals surface area contributed by atoms with E-state index in [-0.39, 0.29) is 29.9 Å². The third-order valence-electron chi connectivity index (χ3n) is 7.43. The van der Waals surface area contributed by atoms with Gasteiger partial charge in [0.05, 0.1) is 12.6 Å². The van der Waals surface area contributed by atoms with Crippen LogP contribution in [0.25, 0.3) is 21.3 Å². The van der Waals surface area contributed by atoms with Gasteiger partial charge in [-0.1, -0.05) is 66.2 Å². The maximum Gasteiger partial charge on any atom is 0.265 e. The predicted molar refractivity (Wildman–Crippen MR) is 165 cm³/mol. The number of nitrogens with one attached hydrogen (secondary N) is 2. The van der Waals surface area contributed by atoms with Crippen LogP contribution in [0, 0.1) is 5.41 Å². The smallest absolute Gasteiger partial charge is 0.265 e. The van der Waals surface area contributed by atoms with Crippen molar-refractivity contribution in [2.24, 2.45) is 5.73 Å². The Hall–Kier alpha value is -3.95. The largest absolute Gasteiger partial charge is 0.370 e. The molecule has 10 heteroatoms. The van der Waals surface area contributed by atoms with Crippen molar-refractivity contribution in [3.05, 3.63) is 88.4 Å². The lowest BCUT2D eigenvalue weighted by Gasteiger charge is -2.45. The Balaban J connectivity index is 1.32. The number of hydrogen-bond donors (Lipinski definition) is 3. The molecule has 4 N–H and O–H groups in total. The van der Waals surface area contributed by atoms with Gasteiger partial charge in [-0.2, -0.15) is 0 Å². The van der Waals surface area contributed by atoms with E-state index in [4.69, 9.17) is 22.7 Å². The van der Waals surface area contributed by atoms with E-state index in [1.165, 1.54) is 11.3 Å². The highest BCUT2D eigenvalue weighted by Gasteiger charge is 2.37. The number of halogens is 1. The molecule has 5 rings (SSSR count). The molecule has 1 fully saturated rings. The van der Waals surface area contributed by atoms with Gasteiger partial charge >= 0.3 is 0 Å². The zero-order valence-corrected chi connectivity index (χ0v) is 24.4. The van der Waals surface area contributed by atoms with Gasteiger partial charge in [0, 0.05) is 42.3 Å². The molecule has 0 spiro atoms. The Labute approximate surface area is 248 Å². The fourth-order valence-corrected chi connectivity index (χ4v) is 6.31. The Bertz CT molecular complexity index is 1560. The van der Waals surface area contributed by atoms with Crippen LogP contribution in [0.15, 0.2) is 72.9 Å². The minimum absolute atomic E-state index is 0.0505. The molecule has 1 aromatic heterocycles. The van der Waals surface area contributed by atoms with Gasteiger partial charge in [-0.25, -0.2) is 4.98 Å². The van der Waals surface area contributed by atoms with Crippen LogP contribution in [0.4, 0.5) is 0 Å². The van der Waals surface area contributed by atoms with E-state index in [0.717, 1.165) is 26.9 Å². The topological polar surface area (TPSA) is 115 Å². The molecule has 2 heterocycles. The Morgan fingerprint density at radius 1 is 1.07 bits per heavy atom. The van der Waals surface area contributed by atoms with Crippen molar-refractivity contribution < 1.29 is 9.59 Å². The highest BCUT2D eigenvalue weighted by atomic mass is 35.5. The molecular weight excluding hydrogens is 556 g/mol. The Kier molecular flexibility index (Phi) is 8.85. The molecule has 0 bridgehead atoms. The van der Waals surface area contributed by atoms with Crippen molar-refractivity contribution in [2.45, 2.75) is 38.3 Å². The monoisotopic (exact) mass is 588 g/mol. The second-order valence-electron chi connectivity index (χ2n) is 10.4. The fourth-order valence-electron chi connectivity index (χ4n) is 5.31. The van der Waals surface area contributed by atoms with E-state index < -0.39 is 0 Å². The van der Waals surface area contributed by atoms with Gasteiger partial charge in [0.1, 0.15) is 9.88 Å². The average Bonchev–Trinajstić information content (AvgIpc) is 3.46. The van der Waals surface area contributed by atoms with E-state index in [1.807, 2.05) is 47.1 Å². The van der Waals surface area contributed by atoms with Gasteiger partial charge in [-0.3, -0.25) is 15.0 Å². The summed E-state index contributed by atoms with van der Waals surface area (Å²) in [6.07, 6.45) is 3.31. The first kappa shape index (κ1) is 28.6. The zero-order valence-electron chi connectivity index (χ0n) is 22.8. The van der Waals surface area contributed by atoms with E-state index >= 15 is 0 Å². The summed E-state index contributed by atoms with van der Waals surface area (Å²) in [5.74, 6) is -0.114. The Morgan fingerprint density at radius 3 is 2.59 bits per heavy atom. The van der Waals surface area contributed by atoms with Crippen LogP contribution >= 0.6 is 22.9 Å². The highest BCUT2D eigenvalue weighted by molar-refractivity contribution is 7.16. The molecule has 1 aliphatic rings. The molecule has 1 aliphatic heterocycles. The van der Waals surface area contributed by atoms with Crippen molar-refractivity contribution in [3.63, 3.8) is 0 Å².